The Hall–Kier alpha value is -2.11. The van der Waals surface area contributed by atoms with Crippen LogP contribution >= 0.6 is 11.3 Å². The van der Waals surface area contributed by atoms with Crippen molar-refractivity contribution in [2.45, 2.75) is 37.4 Å². The van der Waals surface area contributed by atoms with E-state index in [-0.39, 0.29) is 0 Å². The zero-order valence-corrected chi connectivity index (χ0v) is 16.3. The number of halogens is 3. The summed E-state index contributed by atoms with van der Waals surface area (Å²) >= 11 is 1.28. The largest absolute Gasteiger partial charge is 0.573 e. The number of alkyl halides is 3. The SMILES string of the molecule is CC1CCc2sc(C(=O)NNS(=O)(=O)c3ccccc3OC(F)(F)F)cc2C1. The molecule has 2 aromatic rings. The Morgan fingerprint density at radius 3 is 2.71 bits per heavy atom. The van der Waals surface area contributed by atoms with Gasteiger partial charge < -0.3 is 4.74 Å². The summed E-state index contributed by atoms with van der Waals surface area (Å²) in [5.74, 6) is -1.05. The number of benzene rings is 1. The molecule has 1 atom stereocenters. The summed E-state index contributed by atoms with van der Waals surface area (Å²) in [6, 6.07) is 5.99. The molecule has 0 aliphatic heterocycles. The fraction of sp³-hybridized carbons (Fsp3) is 0.353. The monoisotopic (exact) mass is 434 g/mol. The zero-order chi connectivity index (χ0) is 20.5. The van der Waals surface area contributed by atoms with Crippen LogP contribution in [-0.2, 0) is 22.9 Å². The van der Waals surface area contributed by atoms with Gasteiger partial charge in [-0.1, -0.05) is 19.1 Å². The molecule has 3 rings (SSSR count). The highest BCUT2D eigenvalue weighted by atomic mass is 32.2. The van der Waals surface area contributed by atoms with E-state index in [1.54, 1.807) is 6.07 Å². The summed E-state index contributed by atoms with van der Waals surface area (Å²) in [7, 11) is -4.48. The number of aryl methyl sites for hydroxylation is 1. The summed E-state index contributed by atoms with van der Waals surface area (Å²) < 4.78 is 65.9. The summed E-state index contributed by atoms with van der Waals surface area (Å²) in [6.45, 7) is 2.12. The van der Waals surface area contributed by atoms with Gasteiger partial charge in [0.05, 0.1) is 4.88 Å². The van der Waals surface area contributed by atoms with Crippen molar-refractivity contribution < 1.29 is 31.1 Å². The molecule has 28 heavy (non-hydrogen) atoms. The molecule has 2 N–H and O–H groups in total. The highest BCUT2D eigenvalue weighted by Gasteiger charge is 2.34. The number of rotatable bonds is 5. The van der Waals surface area contributed by atoms with Crippen molar-refractivity contribution >= 4 is 27.3 Å². The van der Waals surface area contributed by atoms with Gasteiger partial charge in [0, 0.05) is 4.88 Å². The molecule has 1 heterocycles. The van der Waals surface area contributed by atoms with Gasteiger partial charge in [-0.3, -0.25) is 10.2 Å². The van der Waals surface area contributed by atoms with E-state index in [4.69, 9.17) is 0 Å². The second kappa shape index (κ2) is 7.72. The van der Waals surface area contributed by atoms with Crippen LogP contribution in [0.15, 0.2) is 35.2 Å². The Morgan fingerprint density at radius 1 is 1.29 bits per heavy atom. The zero-order valence-electron chi connectivity index (χ0n) is 14.7. The minimum Gasteiger partial charge on any atom is -0.404 e. The standard InChI is InChI=1S/C17H17F3N2O4S2/c1-10-6-7-13-11(8-10)9-14(27-13)16(23)21-22-28(24,25)15-5-3-2-4-12(15)26-17(18,19)20/h2-5,9-10,22H,6-8H2,1H3,(H,21,23). The number of carbonyl (C=O) groups is 1. The third-order valence-electron chi connectivity index (χ3n) is 4.22. The van der Waals surface area contributed by atoms with Crippen LogP contribution in [-0.4, -0.2) is 20.7 Å². The number of hydrogen-bond donors (Lipinski definition) is 2. The van der Waals surface area contributed by atoms with Crippen LogP contribution in [0.25, 0.3) is 0 Å². The lowest BCUT2D eigenvalue weighted by molar-refractivity contribution is -0.275. The van der Waals surface area contributed by atoms with Gasteiger partial charge in [-0.25, -0.2) is 8.42 Å². The molecular weight excluding hydrogens is 417 g/mol. The van der Waals surface area contributed by atoms with Gasteiger partial charge in [0.25, 0.3) is 15.9 Å². The lowest BCUT2D eigenvalue weighted by atomic mass is 9.90. The number of thiophene rings is 1. The third-order valence-corrected chi connectivity index (χ3v) is 6.74. The average molecular weight is 434 g/mol. The molecule has 0 saturated carbocycles. The van der Waals surface area contributed by atoms with E-state index in [1.807, 2.05) is 10.3 Å². The van der Waals surface area contributed by atoms with Gasteiger partial charge in [0.1, 0.15) is 10.6 Å². The van der Waals surface area contributed by atoms with Crippen molar-refractivity contribution in [2.75, 3.05) is 0 Å². The van der Waals surface area contributed by atoms with Crippen LogP contribution in [0.1, 0.15) is 33.5 Å². The maximum absolute atomic E-state index is 12.5. The van der Waals surface area contributed by atoms with E-state index in [0.29, 0.717) is 10.8 Å². The van der Waals surface area contributed by atoms with E-state index in [1.165, 1.54) is 23.5 Å². The maximum Gasteiger partial charge on any atom is 0.573 e. The molecule has 0 fully saturated rings. The third kappa shape index (κ3) is 4.83. The maximum atomic E-state index is 12.5. The predicted molar refractivity (Wildman–Crippen MR) is 96.4 cm³/mol. The summed E-state index contributed by atoms with van der Waals surface area (Å²) in [5.41, 5.74) is 3.11. The second-order valence-corrected chi connectivity index (χ2v) is 9.25. The van der Waals surface area contributed by atoms with E-state index in [2.05, 4.69) is 11.7 Å². The van der Waals surface area contributed by atoms with Gasteiger partial charge in [-0.15, -0.1) is 29.3 Å². The van der Waals surface area contributed by atoms with Crippen molar-refractivity contribution in [3.8, 4) is 5.75 Å². The first-order chi connectivity index (χ1) is 13.0. The number of hydrogen-bond acceptors (Lipinski definition) is 5. The molecule has 1 unspecified atom stereocenters. The molecule has 0 spiro atoms. The first kappa shape index (κ1) is 20.6. The fourth-order valence-electron chi connectivity index (χ4n) is 2.93. The Kier molecular flexibility index (Phi) is 5.69. The van der Waals surface area contributed by atoms with Gasteiger partial charge in [-0.2, -0.15) is 0 Å². The molecule has 11 heteroatoms. The fourth-order valence-corrected chi connectivity index (χ4v) is 5.00. The minimum absolute atomic E-state index is 0.335. The molecule has 152 valence electrons. The Labute approximate surface area is 163 Å². The van der Waals surface area contributed by atoms with E-state index < -0.39 is 32.9 Å². The quantitative estimate of drug-likeness (QED) is 0.707. The number of hydrazine groups is 1. The van der Waals surface area contributed by atoms with Crippen molar-refractivity contribution in [3.63, 3.8) is 0 Å². The van der Waals surface area contributed by atoms with Crippen LogP contribution in [0.5, 0.6) is 5.75 Å². The summed E-state index contributed by atoms with van der Waals surface area (Å²) in [6.07, 6.45) is -2.31. The molecule has 0 bridgehead atoms. The predicted octanol–water partition coefficient (Wildman–Crippen LogP) is 3.39. The molecule has 1 aromatic carbocycles. The molecule has 0 radical (unpaired) electrons. The highest BCUT2D eigenvalue weighted by molar-refractivity contribution is 7.89. The Morgan fingerprint density at radius 2 is 2.00 bits per heavy atom. The van der Waals surface area contributed by atoms with Crippen molar-refractivity contribution in [2.24, 2.45) is 5.92 Å². The van der Waals surface area contributed by atoms with Crippen molar-refractivity contribution in [1.29, 1.82) is 0 Å². The van der Waals surface area contributed by atoms with Crippen LogP contribution in [0, 0.1) is 5.92 Å². The minimum atomic E-state index is -5.05. The normalized spacial score (nSPS) is 17.1. The lowest BCUT2D eigenvalue weighted by Gasteiger charge is -2.16. The van der Waals surface area contributed by atoms with Crippen LogP contribution in [0.3, 0.4) is 0 Å². The number of carbonyl (C=O) groups excluding carboxylic acids is 1. The smallest absolute Gasteiger partial charge is 0.404 e. The molecule has 6 nitrogen and oxygen atoms in total. The molecule has 1 aliphatic carbocycles. The molecule has 1 aliphatic rings. The van der Waals surface area contributed by atoms with Crippen LogP contribution in [0.2, 0.25) is 0 Å². The number of para-hydroxylation sites is 1. The number of sulfonamides is 1. The van der Waals surface area contributed by atoms with E-state index in [0.717, 1.165) is 41.8 Å². The number of amides is 1. The summed E-state index contributed by atoms with van der Waals surface area (Å²) in [4.78, 5) is 14.8. The van der Waals surface area contributed by atoms with E-state index in [9.17, 15) is 26.4 Å². The van der Waals surface area contributed by atoms with Crippen molar-refractivity contribution in [1.82, 2.24) is 10.3 Å². The molecular formula is C17H17F3N2O4S2. The summed E-state index contributed by atoms with van der Waals surface area (Å²) in [5, 5.41) is 0. The Balaban J connectivity index is 1.73. The number of ether oxygens (including phenoxy) is 1. The highest BCUT2D eigenvalue weighted by Crippen LogP contribution is 2.32. The van der Waals surface area contributed by atoms with E-state index >= 15 is 0 Å². The molecule has 1 aromatic heterocycles. The lowest BCUT2D eigenvalue weighted by Crippen LogP contribution is -2.41. The Bertz CT molecular complexity index is 987. The molecule has 0 saturated heterocycles. The topological polar surface area (TPSA) is 84.5 Å². The first-order valence-corrected chi connectivity index (χ1v) is 10.6. The van der Waals surface area contributed by atoms with Gasteiger partial charge in [0.15, 0.2) is 0 Å². The van der Waals surface area contributed by atoms with Crippen LogP contribution in [0.4, 0.5) is 13.2 Å². The average Bonchev–Trinajstić information content (AvgIpc) is 3.02. The number of fused-ring (bicyclic) bond motifs is 1. The first-order valence-electron chi connectivity index (χ1n) is 8.33. The van der Waals surface area contributed by atoms with Crippen molar-refractivity contribution in [3.05, 3.63) is 45.6 Å². The number of nitrogens with one attached hydrogen (secondary N) is 2. The van der Waals surface area contributed by atoms with Gasteiger partial charge in [0.2, 0.25) is 0 Å². The second-order valence-electron chi connectivity index (χ2n) is 6.46. The van der Waals surface area contributed by atoms with Gasteiger partial charge >= 0.3 is 6.36 Å². The van der Waals surface area contributed by atoms with Crippen LogP contribution < -0.4 is 15.0 Å². The molecule has 1 amide bonds. The van der Waals surface area contributed by atoms with Gasteiger partial charge in [-0.05, 0) is 48.9 Å².